The average molecular weight is 224 g/mol. The number of nitrogens with one attached hydrogen (secondary N) is 1. The first-order valence-electron chi connectivity index (χ1n) is 5.25. The molecule has 16 heavy (non-hydrogen) atoms. The first kappa shape index (κ1) is 12.5. The highest BCUT2D eigenvalue weighted by Gasteiger charge is 2.22. The maximum absolute atomic E-state index is 11.8. The quantitative estimate of drug-likeness (QED) is 0.636. The molecule has 0 aromatic heterocycles. The summed E-state index contributed by atoms with van der Waals surface area (Å²) in [6, 6.07) is -0.536. The molecule has 1 aliphatic rings. The van der Waals surface area contributed by atoms with Gasteiger partial charge in [0.25, 0.3) is 5.91 Å². The van der Waals surface area contributed by atoms with Crippen molar-refractivity contribution in [2.45, 2.75) is 19.9 Å². The van der Waals surface area contributed by atoms with E-state index < -0.39 is 11.9 Å². The Balaban J connectivity index is 2.45. The van der Waals surface area contributed by atoms with Gasteiger partial charge >= 0.3 is 0 Å². The molecular weight excluding hydrogens is 208 g/mol. The average Bonchev–Trinajstić information content (AvgIpc) is 2.29. The molecule has 1 fully saturated rings. The largest absolute Gasteiger partial charge is 0.378 e. The number of rotatable bonds is 2. The normalized spacial score (nSPS) is 17.0. The Hall–Kier alpha value is -1.54. The van der Waals surface area contributed by atoms with Gasteiger partial charge in [0, 0.05) is 13.1 Å². The van der Waals surface area contributed by atoms with Crippen LogP contribution < -0.4 is 5.32 Å². The summed E-state index contributed by atoms with van der Waals surface area (Å²) in [5.74, 6) is 4.31. The number of carbonyl (C=O) groups is 2. The molecule has 1 rings (SSSR count). The van der Waals surface area contributed by atoms with Gasteiger partial charge in [-0.25, -0.2) is 0 Å². The first-order valence-corrected chi connectivity index (χ1v) is 5.25. The number of nitrogens with zero attached hydrogens (tertiary/aromatic N) is 1. The molecule has 1 heterocycles. The molecule has 0 spiro atoms. The van der Waals surface area contributed by atoms with E-state index in [1.807, 2.05) is 0 Å². The van der Waals surface area contributed by atoms with Crippen LogP contribution in [0.1, 0.15) is 13.8 Å². The minimum absolute atomic E-state index is 0.0884. The van der Waals surface area contributed by atoms with Gasteiger partial charge in [-0.2, -0.15) is 0 Å². The van der Waals surface area contributed by atoms with E-state index in [2.05, 4.69) is 17.2 Å². The molecule has 5 heteroatoms. The van der Waals surface area contributed by atoms with Crippen molar-refractivity contribution in [2.75, 3.05) is 26.3 Å². The molecule has 5 nitrogen and oxygen atoms in total. The van der Waals surface area contributed by atoms with Gasteiger partial charge in [0.2, 0.25) is 5.91 Å². The molecule has 88 valence electrons. The van der Waals surface area contributed by atoms with Crippen LogP contribution in [-0.2, 0) is 14.3 Å². The topological polar surface area (TPSA) is 58.6 Å². The fourth-order valence-corrected chi connectivity index (χ4v) is 1.47. The second-order valence-corrected chi connectivity index (χ2v) is 3.51. The van der Waals surface area contributed by atoms with Crippen molar-refractivity contribution in [3.8, 4) is 11.8 Å². The highest BCUT2D eigenvalue weighted by Crippen LogP contribution is 2.00. The molecule has 1 unspecified atom stereocenters. The monoisotopic (exact) mass is 224 g/mol. The Morgan fingerprint density at radius 1 is 1.38 bits per heavy atom. The van der Waals surface area contributed by atoms with Crippen molar-refractivity contribution in [3.05, 3.63) is 0 Å². The third-order valence-electron chi connectivity index (χ3n) is 2.28. The molecule has 0 aliphatic carbocycles. The molecule has 1 N–H and O–H groups in total. The fraction of sp³-hybridized carbons (Fsp3) is 0.636. The number of hydrogen-bond acceptors (Lipinski definition) is 3. The van der Waals surface area contributed by atoms with Crippen LogP contribution in [0.4, 0.5) is 0 Å². The van der Waals surface area contributed by atoms with Gasteiger partial charge in [0.05, 0.1) is 13.2 Å². The van der Waals surface area contributed by atoms with Crippen LogP contribution in [0, 0.1) is 11.8 Å². The minimum atomic E-state index is -0.536. The summed E-state index contributed by atoms with van der Waals surface area (Å²) in [5.41, 5.74) is 0. The van der Waals surface area contributed by atoms with E-state index in [4.69, 9.17) is 4.74 Å². The Morgan fingerprint density at radius 3 is 2.56 bits per heavy atom. The van der Waals surface area contributed by atoms with Gasteiger partial charge in [-0.1, -0.05) is 5.92 Å². The number of hydrogen-bond donors (Lipinski definition) is 1. The van der Waals surface area contributed by atoms with Gasteiger partial charge in [-0.3, -0.25) is 9.59 Å². The Morgan fingerprint density at radius 2 is 2.00 bits per heavy atom. The van der Waals surface area contributed by atoms with E-state index >= 15 is 0 Å². The summed E-state index contributed by atoms with van der Waals surface area (Å²) < 4.78 is 5.15. The van der Waals surface area contributed by atoms with Crippen molar-refractivity contribution in [3.63, 3.8) is 0 Å². The highest BCUT2D eigenvalue weighted by molar-refractivity contribution is 5.96. The van der Waals surface area contributed by atoms with Crippen LogP contribution in [0.25, 0.3) is 0 Å². The summed E-state index contributed by atoms with van der Waals surface area (Å²) in [6.45, 7) is 5.51. The molecule has 0 bridgehead atoms. The Bertz CT molecular complexity index is 324. The lowest BCUT2D eigenvalue weighted by molar-refractivity contribution is -0.138. The van der Waals surface area contributed by atoms with Crippen molar-refractivity contribution >= 4 is 11.8 Å². The SMILES string of the molecule is CC#CC(=O)NC(C)C(=O)N1CCOCC1. The molecule has 0 aromatic rings. The van der Waals surface area contributed by atoms with Gasteiger partial charge in [-0.05, 0) is 19.8 Å². The van der Waals surface area contributed by atoms with Crippen LogP contribution in [-0.4, -0.2) is 49.1 Å². The number of amides is 2. The smallest absolute Gasteiger partial charge is 0.296 e. The molecule has 1 aliphatic heterocycles. The zero-order chi connectivity index (χ0) is 12.0. The van der Waals surface area contributed by atoms with Crippen LogP contribution in [0.5, 0.6) is 0 Å². The van der Waals surface area contributed by atoms with E-state index in [0.717, 1.165) is 0 Å². The van der Waals surface area contributed by atoms with E-state index in [1.165, 1.54) is 0 Å². The maximum Gasteiger partial charge on any atom is 0.296 e. The lowest BCUT2D eigenvalue weighted by Crippen LogP contribution is -2.50. The Labute approximate surface area is 95.1 Å². The van der Waals surface area contributed by atoms with E-state index in [-0.39, 0.29) is 5.91 Å². The fourth-order valence-electron chi connectivity index (χ4n) is 1.47. The van der Waals surface area contributed by atoms with Crippen molar-refractivity contribution in [1.82, 2.24) is 10.2 Å². The molecule has 1 saturated heterocycles. The summed E-state index contributed by atoms with van der Waals surface area (Å²) in [4.78, 5) is 24.7. The number of morpholine rings is 1. The van der Waals surface area contributed by atoms with Crippen LogP contribution >= 0.6 is 0 Å². The lowest BCUT2D eigenvalue weighted by atomic mass is 10.2. The first-order chi connectivity index (χ1) is 7.65. The van der Waals surface area contributed by atoms with Gasteiger partial charge < -0.3 is 15.0 Å². The van der Waals surface area contributed by atoms with Gasteiger partial charge in [0.1, 0.15) is 6.04 Å². The molecule has 0 aromatic carbocycles. The second kappa shape index (κ2) is 6.13. The number of ether oxygens (including phenoxy) is 1. The van der Waals surface area contributed by atoms with Crippen LogP contribution in [0.2, 0.25) is 0 Å². The summed E-state index contributed by atoms with van der Waals surface area (Å²) in [5, 5.41) is 2.53. The molecule has 1 atom stereocenters. The highest BCUT2D eigenvalue weighted by atomic mass is 16.5. The standard InChI is InChI=1S/C11H16N2O3/c1-3-4-10(14)12-9(2)11(15)13-5-7-16-8-6-13/h9H,5-8H2,1-2H3,(H,12,14). The zero-order valence-electron chi connectivity index (χ0n) is 9.58. The van der Waals surface area contributed by atoms with E-state index in [1.54, 1.807) is 18.7 Å². The predicted molar refractivity (Wildman–Crippen MR) is 58.5 cm³/mol. The van der Waals surface area contributed by atoms with Crippen molar-refractivity contribution in [2.24, 2.45) is 0 Å². The molecule has 2 amide bonds. The maximum atomic E-state index is 11.8. The zero-order valence-corrected chi connectivity index (χ0v) is 9.58. The van der Waals surface area contributed by atoms with E-state index in [0.29, 0.717) is 26.3 Å². The van der Waals surface area contributed by atoms with Crippen LogP contribution in [0.3, 0.4) is 0 Å². The molecule has 0 radical (unpaired) electrons. The third kappa shape index (κ3) is 3.55. The van der Waals surface area contributed by atoms with Gasteiger partial charge in [-0.15, -0.1) is 0 Å². The minimum Gasteiger partial charge on any atom is -0.378 e. The third-order valence-corrected chi connectivity index (χ3v) is 2.28. The Kier molecular flexibility index (Phi) is 4.80. The summed E-state index contributed by atoms with van der Waals surface area (Å²) >= 11 is 0. The van der Waals surface area contributed by atoms with Crippen molar-refractivity contribution in [1.29, 1.82) is 0 Å². The summed E-state index contributed by atoms with van der Waals surface area (Å²) in [6.07, 6.45) is 0. The van der Waals surface area contributed by atoms with Crippen molar-refractivity contribution < 1.29 is 14.3 Å². The lowest BCUT2D eigenvalue weighted by Gasteiger charge is -2.29. The predicted octanol–water partition coefficient (Wildman–Crippen LogP) is -0.627. The van der Waals surface area contributed by atoms with Crippen LogP contribution in [0.15, 0.2) is 0 Å². The second-order valence-electron chi connectivity index (χ2n) is 3.51. The summed E-state index contributed by atoms with van der Waals surface area (Å²) in [7, 11) is 0. The molecular formula is C11H16N2O3. The molecule has 0 saturated carbocycles. The van der Waals surface area contributed by atoms with E-state index in [9.17, 15) is 9.59 Å². The number of carbonyl (C=O) groups excluding carboxylic acids is 2. The van der Waals surface area contributed by atoms with Gasteiger partial charge in [0.15, 0.2) is 0 Å².